The second-order valence-electron chi connectivity index (χ2n) is 9.83. The van der Waals surface area contributed by atoms with Gasteiger partial charge in [-0.1, -0.05) is 9.24 Å². The maximum atomic E-state index is 13.1. The number of aromatic amines is 1. The van der Waals surface area contributed by atoms with E-state index in [1.54, 1.807) is 4.72 Å². The summed E-state index contributed by atoms with van der Waals surface area (Å²) in [6, 6.07) is -3.13. The zero-order valence-electron chi connectivity index (χ0n) is 23.5. The number of hydrogen-bond acceptors (Lipinski definition) is 15. The van der Waals surface area contributed by atoms with Gasteiger partial charge in [0.25, 0.3) is 11.8 Å². The number of H-pyrrole nitrogens is 1. The van der Waals surface area contributed by atoms with Crippen LogP contribution in [-0.4, -0.2) is 94.5 Å². The number of carbonyl (C=O) groups excluding carboxylic acids is 3. The first-order chi connectivity index (χ1) is 20.9. The molecule has 3 aromatic heterocycles. The van der Waals surface area contributed by atoms with Crippen molar-refractivity contribution in [3.05, 3.63) is 44.0 Å². The monoisotopic (exact) mass is 668 g/mol. The Morgan fingerprint density at radius 2 is 1.91 bits per heavy atom. The van der Waals surface area contributed by atoms with Crippen LogP contribution in [0.1, 0.15) is 26.5 Å². The fraction of sp³-hybridized carbons (Fsp3) is 0.318. The number of aromatic nitrogens is 5. The predicted octanol–water partition coefficient (Wildman–Crippen LogP) is -2.52. The minimum atomic E-state index is -5.05. The normalized spacial score (nSPS) is 17.0. The van der Waals surface area contributed by atoms with Crippen molar-refractivity contribution in [1.82, 2.24) is 38.7 Å². The fourth-order valence-electron chi connectivity index (χ4n) is 3.70. The van der Waals surface area contributed by atoms with Gasteiger partial charge in [-0.3, -0.25) is 23.9 Å². The Kier molecular flexibility index (Phi) is 8.26. The van der Waals surface area contributed by atoms with Gasteiger partial charge in [-0.2, -0.15) is 8.42 Å². The number of oxime groups is 1. The number of imide groups is 1. The molecule has 0 aliphatic carbocycles. The van der Waals surface area contributed by atoms with Crippen LogP contribution in [0.3, 0.4) is 0 Å². The van der Waals surface area contributed by atoms with Crippen LogP contribution in [0.25, 0.3) is 11.5 Å². The smallest absolute Gasteiger partial charge is 0.361 e. The van der Waals surface area contributed by atoms with Gasteiger partial charge in [0.2, 0.25) is 11.0 Å². The molecule has 0 saturated carbocycles. The highest BCUT2D eigenvalue weighted by Gasteiger charge is 2.50. The molecule has 45 heavy (non-hydrogen) atoms. The standard InChI is InChI=1S/C22H24N10O11S2/c1-8-13(26-16(35)14(10-7-44-19(23)25-10)28-43-22(2,3)18(37)38)17(36)31(8)20(39)29-45(41,42)32-21(40)30(4)15(27-32)9-5-11(33)12(34)6-24-9/h5-8,13,34H,1-4H3,(H2,23,25)(H,24,33)(H,26,35)(H,29,39)(H,37,38)/b28-14-/t8-,13-/m0/s1. The minimum Gasteiger partial charge on any atom is -0.503 e. The van der Waals surface area contributed by atoms with Gasteiger partial charge in [-0.15, -0.1) is 16.4 Å². The van der Waals surface area contributed by atoms with Gasteiger partial charge in [-0.25, -0.2) is 24.1 Å². The van der Waals surface area contributed by atoms with Gasteiger partial charge in [0.15, 0.2) is 22.4 Å². The lowest BCUT2D eigenvalue weighted by molar-refractivity contribution is -0.161. The van der Waals surface area contributed by atoms with Gasteiger partial charge in [0.05, 0.1) is 11.7 Å². The first-order valence-electron chi connectivity index (χ1n) is 12.4. The molecule has 23 heteroatoms. The molecule has 3 aromatic rings. The number of anilines is 1. The van der Waals surface area contributed by atoms with Crippen molar-refractivity contribution in [3.63, 3.8) is 0 Å². The zero-order chi connectivity index (χ0) is 33.6. The van der Waals surface area contributed by atoms with Crippen molar-refractivity contribution in [2.24, 2.45) is 12.2 Å². The number of amides is 4. The van der Waals surface area contributed by atoms with Crippen LogP contribution in [0.2, 0.25) is 0 Å². The van der Waals surface area contributed by atoms with E-state index in [2.05, 4.69) is 25.5 Å². The summed E-state index contributed by atoms with van der Waals surface area (Å²) >= 11 is 0.933. The minimum absolute atomic E-state index is 0.0376. The van der Waals surface area contributed by atoms with Gasteiger partial charge < -0.3 is 31.1 Å². The van der Waals surface area contributed by atoms with Crippen molar-refractivity contribution < 1.29 is 42.6 Å². The van der Waals surface area contributed by atoms with Crippen molar-refractivity contribution in [2.75, 3.05) is 5.73 Å². The number of urea groups is 1. The second-order valence-corrected chi connectivity index (χ2v) is 12.2. The summed E-state index contributed by atoms with van der Waals surface area (Å²) < 4.78 is 28.0. The number of aromatic hydroxyl groups is 1. The number of carboxylic acid groups (broad SMARTS) is 1. The molecule has 0 spiro atoms. The Bertz CT molecular complexity index is 1990. The number of carbonyl (C=O) groups is 4. The second kappa shape index (κ2) is 11.5. The molecule has 1 saturated heterocycles. The molecule has 0 unspecified atom stereocenters. The number of hydrogen-bond donors (Lipinski definition) is 6. The number of carboxylic acids is 1. The first kappa shape index (κ1) is 32.3. The molecular weight excluding hydrogens is 644 g/mol. The maximum absolute atomic E-state index is 13.1. The van der Waals surface area contributed by atoms with E-state index < -0.39 is 74.3 Å². The van der Waals surface area contributed by atoms with E-state index in [0.29, 0.717) is 4.90 Å². The van der Waals surface area contributed by atoms with Gasteiger partial charge in [0, 0.05) is 24.7 Å². The molecule has 240 valence electrons. The summed E-state index contributed by atoms with van der Waals surface area (Å²) in [5, 5.41) is 29.6. The van der Waals surface area contributed by atoms with E-state index in [4.69, 9.17) is 10.6 Å². The average Bonchev–Trinajstić information content (AvgIpc) is 3.51. The molecule has 21 nitrogen and oxygen atoms in total. The van der Waals surface area contributed by atoms with E-state index in [1.165, 1.54) is 26.2 Å². The molecule has 0 aromatic carbocycles. The molecule has 0 radical (unpaired) electrons. The lowest BCUT2D eigenvalue weighted by Crippen LogP contribution is -2.73. The molecule has 0 bridgehead atoms. The Labute approximate surface area is 255 Å². The summed E-state index contributed by atoms with van der Waals surface area (Å²) in [5.41, 5.74) is 0.877. The topological polar surface area (TPSA) is 303 Å². The predicted molar refractivity (Wildman–Crippen MR) is 152 cm³/mol. The Hall–Kier alpha value is -5.58. The third-order valence-electron chi connectivity index (χ3n) is 6.29. The van der Waals surface area contributed by atoms with Crippen molar-refractivity contribution in [1.29, 1.82) is 0 Å². The SMILES string of the molecule is C[C@H]1[C@H](NC(=O)/C(=N\OC(C)(C)C(=O)O)c2csc(N)n2)C(=O)N1C(=O)NS(=O)(=O)n1nc(-c2cc(=O)c(O)c[nH]2)n(C)c1=O. The van der Waals surface area contributed by atoms with Crippen molar-refractivity contribution >= 4 is 56.2 Å². The summed E-state index contributed by atoms with van der Waals surface area (Å²) in [6.45, 7) is 3.63. The molecule has 7 N–H and O–H groups in total. The maximum Gasteiger partial charge on any atom is 0.361 e. The van der Waals surface area contributed by atoms with Crippen LogP contribution in [0.4, 0.5) is 9.93 Å². The quantitative estimate of drug-likeness (QED) is 0.0779. The number of nitrogen functional groups attached to an aromatic ring is 1. The largest absolute Gasteiger partial charge is 0.503 e. The van der Waals surface area contributed by atoms with Crippen molar-refractivity contribution in [3.8, 4) is 17.3 Å². The zero-order valence-corrected chi connectivity index (χ0v) is 25.2. The number of aliphatic carboxylic acids is 1. The number of nitrogens with two attached hydrogens (primary N) is 1. The molecule has 4 heterocycles. The van der Waals surface area contributed by atoms with Gasteiger partial charge in [-0.05, 0) is 20.8 Å². The van der Waals surface area contributed by atoms with Crippen LogP contribution in [-0.2, 0) is 36.5 Å². The van der Waals surface area contributed by atoms with E-state index in [9.17, 15) is 47.4 Å². The molecule has 1 aliphatic rings. The van der Waals surface area contributed by atoms with Crippen LogP contribution in [0, 0.1) is 0 Å². The number of β-lactam (4-membered cyclic amide) rings is 1. The fourth-order valence-corrected chi connectivity index (χ4v) is 5.17. The molecule has 1 fully saturated rings. The third-order valence-corrected chi connectivity index (χ3v) is 8.09. The number of rotatable bonds is 9. The number of pyridine rings is 1. The van der Waals surface area contributed by atoms with E-state index in [-0.39, 0.29) is 26.4 Å². The van der Waals surface area contributed by atoms with E-state index >= 15 is 0 Å². The van der Waals surface area contributed by atoms with Crippen LogP contribution >= 0.6 is 11.3 Å². The van der Waals surface area contributed by atoms with Crippen LogP contribution < -0.4 is 26.9 Å². The Morgan fingerprint density at radius 3 is 2.47 bits per heavy atom. The van der Waals surface area contributed by atoms with Crippen molar-refractivity contribution in [2.45, 2.75) is 38.5 Å². The Morgan fingerprint density at radius 1 is 1.24 bits per heavy atom. The highest BCUT2D eigenvalue weighted by molar-refractivity contribution is 7.88. The number of nitrogens with one attached hydrogen (secondary N) is 3. The molecule has 1 aliphatic heterocycles. The summed E-state index contributed by atoms with van der Waals surface area (Å²) in [5.74, 6) is -4.50. The first-order valence-corrected chi connectivity index (χ1v) is 14.7. The number of thiazole rings is 1. The van der Waals surface area contributed by atoms with Crippen LogP contribution in [0.15, 0.2) is 32.4 Å². The highest BCUT2D eigenvalue weighted by atomic mass is 32.2. The molecule has 4 amide bonds. The summed E-state index contributed by atoms with van der Waals surface area (Å²) in [7, 11) is -3.93. The summed E-state index contributed by atoms with van der Waals surface area (Å²) in [4.78, 5) is 86.3. The molecule has 2 atom stereocenters. The van der Waals surface area contributed by atoms with E-state index in [0.717, 1.165) is 35.2 Å². The lowest BCUT2D eigenvalue weighted by Gasteiger charge is -2.43. The average molecular weight is 669 g/mol. The summed E-state index contributed by atoms with van der Waals surface area (Å²) in [6.07, 6.45) is 0.897. The van der Waals surface area contributed by atoms with Crippen LogP contribution in [0.5, 0.6) is 5.75 Å². The highest BCUT2D eigenvalue weighted by Crippen LogP contribution is 2.22. The Balaban J connectivity index is 1.50. The van der Waals surface area contributed by atoms with Gasteiger partial charge >= 0.3 is 27.9 Å². The van der Waals surface area contributed by atoms with Gasteiger partial charge in [0.1, 0.15) is 11.7 Å². The lowest BCUT2D eigenvalue weighted by atomic mass is 9.97. The van der Waals surface area contributed by atoms with E-state index in [1.807, 2.05) is 0 Å². The molecular formula is C22H24N10O11S2. The molecule has 4 rings (SSSR count). The number of nitrogens with zero attached hydrogens (tertiary/aromatic N) is 6. The number of likely N-dealkylation sites (tertiary alicyclic amines) is 1. The third kappa shape index (κ3) is 6.10.